The van der Waals surface area contributed by atoms with E-state index in [9.17, 15) is 9.59 Å². The molecule has 1 atom stereocenters. The Kier molecular flexibility index (Phi) is 5.71. The number of carbonyl (C=O) groups excluding carboxylic acids is 2. The molecule has 0 bridgehead atoms. The van der Waals surface area contributed by atoms with E-state index >= 15 is 0 Å². The third kappa shape index (κ3) is 4.22. The van der Waals surface area contributed by atoms with E-state index in [2.05, 4.69) is 32.3 Å². The van der Waals surface area contributed by atoms with Crippen molar-refractivity contribution < 1.29 is 9.59 Å². The molecule has 4 rings (SSSR count). The molecule has 0 aliphatic carbocycles. The highest BCUT2D eigenvalue weighted by Gasteiger charge is 2.31. The molecule has 0 radical (unpaired) electrons. The molecule has 2 aromatic carbocycles. The second kappa shape index (κ2) is 8.57. The third-order valence-electron chi connectivity index (χ3n) is 5.00. The largest absolute Gasteiger partial charge is 0.336 e. The van der Waals surface area contributed by atoms with E-state index in [-0.39, 0.29) is 11.8 Å². The summed E-state index contributed by atoms with van der Waals surface area (Å²) in [6.07, 6.45) is 4.95. The number of anilines is 1. The van der Waals surface area contributed by atoms with Gasteiger partial charge in [0.1, 0.15) is 6.04 Å². The van der Waals surface area contributed by atoms with Crippen molar-refractivity contribution in [3.05, 3.63) is 94.2 Å². The zero-order valence-corrected chi connectivity index (χ0v) is 17.3. The average Bonchev–Trinajstić information content (AvgIpc) is 2.77. The molecule has 1 aliphatic heterocycles. The number of rotatable bonds is 4. The fraction of sp³-hybridized carbons (Fsp3) is 0.174. The average molecular weight is 450 g/mol. The van der Waals surface area contributed by atoms with Crippen LogP contribution in [0, 0.1) is 0 Å². The lowest BCUT2D eigenvalue weighted by Gasteiger charge is -2.32. The van der Waals surface area contributed by atoms with Gasteiger partial charge in [-0.2, -0.15) is 0 Å². The highest BCUT2D eigenvalue weighted by atomic mass is 79.9. The molecule has 29 heavy (non-hydrogen) atoms. The molecule has 0 spiro atoms. The standard InChI is InChI=1S/C23H20BrN3O2/c24-19-13-18(14-25-15-19)22(28)26-21(17-8-2-1-3-9-17)23(29)27-12-6-10-16-7-4-5-11-20(16)27/h1-5,7-9,11,13-15,21H,6,10,12H2,(H,26,28). The van der Waals surface area contributed by atoms with Gasteiger partial charge in [-0.15, -0.1) is 0 Å². The van der Waals surface area contributed by atoms with Crippen molar-refractivity contribution in [1.29, 1.82) is 0 Å². The van der Waals surface area contributed by atoms with Crippen LogP contribution in [-0.4, -0.2) is 23.3 Å². The zero-order valence-electron chi connectivity index (χ0n) is 15.7. The molecule has 1 unspecified atom stereocenters. The molecular formula is C23H20BrN3O2. The maximum atomic E-state index is 13.6. The summed E-state index contributed by atoms with van der Waals surface area (Å²) in [5.41, 5.74) is 3.22. The summed E-state index contributed by atoms with van der Waals surface area (Å²) in [4.78, 5) is 32.3. The Bertz CT molecular complexity index is 1040. The Morgan fingerprint density at radius 1 is 1.03 bits per heavy atom. The van der Waals surface area contributed by atoms with E-state index in [1.54, 1.807) is 17.2 Å². The third-order valence-corrected chi connectivity index (χ3v) is 5.43. The first-order chi connectivity index (χ1) is 14.1. The molecule has 1 aromatic heterocycles. The Morgan fingerprint density at radius 3 is 2.59 bits per heavy atom. The second-order valence-electron chi connectivity index (χ2n) is 6.93. The number of nitrogens with one attached hydrogen (secondary N) is 1. The maximum Gasteiger partial charge on any atom is 0.254 e. The van der Waals surface area contributed by atoms with Crippen molar-refractivity contribution in [2.45, 2.75) is 18.9 Å². The van der Waals surface area contributed by atoms with Crippen LogP contribution in [0.4, 0.5) is 5.69 Å². The van der Waals surface area contributed by atoms with Crippen LogP contribution in [0.5, 0.6) is 0 Å². The maximum absolute atomic E-state index is 13.6. The minimum atomic E-state index is -0.783. The number of para-hydroxylation sites is 1. The summed E-state index contributed by atoms with van der Waals surface area (Å²) >= 11 is 3.33. The molecule has 2 heterocycles. The van der Waals surface area contributed by atoms with Crippen LogP contribution in [0.15, 0.2) is 77.5 Å². The summed E-state index contributed by atoms with van der Waals surface area (Å²) in [5, 5.41) is 2.91. The van der Waals surface area contributed by atoms with Crippen molar-refractivity contribution in [3.63, 3.8) is 0 Å². The SMILES string of the molecule is O=C(NC(C(=O)N1CCCc2ccccc21)c1ccccc1)c1cncc(Br)c1. The van der Waals surface area contributed by atoms with Gasteiger partial charge in [0.15, 0.2) is 0 Å². The van der Waals surface area contributed by atoms with Gasteiger partial charge >= 0.3 is 0 Å². The van der Waals surface area contributed by atoms with Gasteiger partial charge in [0.05, 0.1) is 5.56 Å². The second-order valence-corrected chi connectivity index (χ2v) is 7.85. The zero-order chi connectivity index (χ0) is 20.2. The molecule has 3 aromatic rings. The van der Waals surface area contributed by atoms with Gasteiger partial charge in [-0.3, -0.25) is 14.6 Å². The van der Waals surface area contributed by atoms with Gasteiger partial charge in [0, 0.05) is 29.1 Å². The van der Waals surface area contributed by atoms with E-state index in [0.717, 1.165) is 29.7 Å². The quantitative estimate of drug-likeness (QED) is 0.645. The Labute approximate surface area is 177 Å². The minimum Gasteiger partial charge on any atom is -0.336 e. The first-order valence-corrected chi connectivity index (χ1v) is 10.3. The van der Waals surface area contributed by atoms with Gasteiger partial charge in [-0.05, 0) is 52.0 Å². The van der Waals surface area contributed by atoms with Gasteiger partial charge < -0.3 is 10.2 Å². The van der Waals surface area contributed by atoms with Crippen molar-refractivity contribution in [2.75, 3.05) is 11.4 Å². The fourth-order valence-corrected chi connectivity index (χ4v) is 3.97. The fourth-order valence-electron chi connectivity index (χ4n) is 3.60. The Balaban J connectivity index is 1.67. The first-order valence-electron chi connectivity index (χ1n) is 9.49. The number of fused-ring (bicyclic) bond motifs is 1. The lowest BCUT2D eigenvalue weighted by atomic mass is 9.99. The molecule has 1 aliphatic rings. The van der Waals surface area contributed by atoms with Crippen LogP contribution in [0.25, 0.3) is 0 Å². The predicted molar refractivity (Wildman–Crippen MR) is 116 cm³/mol. The first kappa shape index (κ1) is 19.3. The summed E-state index contributed by atoms with van der Waals surface area (Å²) in [6.45, 7) is 0.632. The Hall–Kier alpha value is -2.99. The molecule has 0 saturated heterocycles. The Morgan fingerprint density at radius 2 is 1.79 bits per heavy atom. The number of pyridine rings is 1. The number of carbonyl (C=O) groups is 2. The van der Waals surface area contributed by atoms with E-state index in [4.69, 9.17) is 0 Å². The summed E-state index contributed by atoms with van der Waals surface area (Å²) in [7, 11) is 0. The summed E-state index contributed by atoms with van der Waals surface area (Å²) < 4.78 is 0.706. The molecule has 146 valence electrons. The van der Waals surface area contributed by atoms with Gasteiger partial charge in [-0.1, -0.05) is 48.5 Å². The van der Waals surface area contributed by atoms with Crippen molar-refractivity contribution >= 4 is 33.4 Å². The molecule has 5 nitrogen and oxygen atoms in total. The number of hydrogen-bond donors (Lipinski definition) is 1. The van der Waals surface area contributed by atoms with Crippen LogP contribution in [0.3, 0.4) is 0 Å². The highest BCUT2D eigenvalue weighted by molar-refractivity contribution is 9.10. The van der Waals surface area contributed by atoms with Gasteiger partial charge in [0.25, 0.3) is 11.8 Å². The number of amides is 2. The van der Waals surface area contributed by atoms with E-state index in [1.165, 1.54) is 6.20 Å². The van der Waals surface area contributed by atoms with Crippen LogP contribution >= 0.6 is 15.9 Å². The highest BCUT2D eigenvalue weighted by Crippen LogP contribution is 2.29. The number of aryl methyl sites for hydroxylation is 1. The van der Waals surface area contributed by atoms with Gasteiger partial charge in [0.2, 0.25) is 0 Å². The lowest BCUT2D eigenvalue weighted by Crippen LogP contribution is -2.45. The van der Waals surface area contributed by atoms with E-state index in [0.29, 0.717) is 16.6 Å². The topological polar surface area (TPSA) is 62.3 Å². The minimum absolute atomic E-state index is 0.139. The van der Waals surface area contributed by atoms with Crippen LogP contribution < -0.4 is 10.2 Å². The van der Waals surface area contributed by atoms with Crippen LogP contribution in [0.1, 0.15) is 33.9 Å². The van der Waals surface area contributed by atoms with Crippen molar-refractivity contribution in [3.8, 4) is 0 Å². The van der Waals surface area contributed by atoms with Gasteiger partial charge in [-0.25, -0.2) is 0 Å². The van der Waals surface area contributed by atoms with Crippen LogP contribution in [0.2, 0.25) is 0 Å². The van der Waals surface area contributed by atoms with Crippen LogP contribution in [-0.2, 0) is 11.2 Å². The molecular weight excluding hydrogens is 430 g/mol. The number of hydrogen-bond acceptors (Lipinski definition) is 3. The smallest absolute Gasteiger partial charge is 0.254 e. The normalized spacial score (nSPS) is 14.0. The number of nitrogens with zero attached hydrogens (tertiary/aromatic N) is 2. The number of halogens is 1. The monoisotopic (exact) mass is 449 g/mol. The van der Waals surface area contributed by atoms with E-state index in [1.807, 2.05) is 48.5 Å². The molecule has 1 N–H and O–H groups in total. The predicted octanol–water partition coefficient (Wildman–Crippen LogP) is 4.29. The molecule has 2 amide bonds. The lowest BCUT2D eigenvalue weighted by molar-refractivity contribution is -0.120. The molecule has 6 heteroatoms. The number of benzene rings is 2. The van der Waals surface area contributed by atoms with E-state index < -0.39 is 6.04 Å². The summed E-state index contributed by atoms with van der Waals surface area (Å²) in [6, 6.07) is 18.2. The van der Waals surface area contributed by atoms with Crippen molar-refractivity contribution in [2.24, 2.45) is 0 Å². The molecule has 0 saturated carbocycles. The summed E-state index contributed by atoms with van der Waals surface area (Å²) in [5.74, 6) is -0.481. The number of aromatic nitrogens is 1. The van der Waals surface area contributed by atoms with Crippen molar-refractivity contribution in [1.82, 2.24) is 10.3 Å². The molecule has 0 fully saturated rings.